The second kappa shape index (κ2) is 7.74. The highest BCUT2D eigenvalue weighted by Gasteiger charge is 2.53. The van der Waals surface area contributed by atoms with Gasteiger partial charge in [-0.3, -0.25) is 9.13 Å². The molecule has 3 heterocycles. The number of nitrogens with two attached hydrogens (primary N) is 1. The van der Waals surface area contributed by atoms with E-state index < -0.39 is 44.0 Å². The zero-order chi connectivity index (χ0) is 21.6. The fourth-order valence-electron chi connectivity index (χ4n) is 2.86. The third-order valence-electron chi connectivity index (χ3n) is 4.49. The van der Waals surface area contributed by atoms with Gasteiger partial charge in [-0.15, -0.1) is 0 Å². The molecule has 1 aliphatic rings. The third kappa shape index (κ3) is 3.93. The maximum atomic E-state index is 14.6. The molecular formula is C14H18ClFN5O7P. The van der Waals surface area contributed by atoms with E-state index in [4.69, 9.17) is 26.8 Å². The van der Waals surface area contributed by atoms with Gasteiger partial charge in [-0.1, -0.05) is 0 Å². The van der Waals surface area contributed by atoms with Gasteiger partial charge in [0, 0.05) is 6.42 Å². The number of carbonyl (C=O) groups is 1. The number of ether oxygens (including phenoxy) is 3. The molecule has 0 amide bonds. The van der Waals surface area contributed by atoms with Gasteiger partial charge in [0.25, 0.3) is 5.34 Å². The molecule has 1 unspecified atom stereocenters. The monoisotopic (exact) mass is 453 g/mol. The van der Waals surface area contributed by atoms with Crippen LogP contribution in [-0.2, 0) is 23.6 Å². The molecule has 3 rings (SSSR count). The number of aromatic nitrogens is 4. The number of methoxy groups -OCH3 is 1. The summed E-state index contributed by atoms with van der Waals surface area (Å²) >= 11 is 5.80. The first kappa shape index (κ1) is 21.8. The van der Waals surface area contributed by atoms with Crippen molar-refractivity contribution in [3.05, 3.63) is 11.6 Å². The van der Waals surface area contributed by atoms with E-state index in [1.165, 1.54) is 10.9 Å². The van der Waals surface area contributed by atoms with Crippen molar-refractivity contribution in [1.29, 1.82) is 0 Å². The Bertz CT molecular complexity index is 987. The number of carbonyl (C=O) groups excluding carboxylic acids is 1. The van der Waals surface area contributed by atoms with Gasteiger partial charge in [0.2, 0.25) is 5.28 Å². The van der Waals surface area contributed by atoms with E-state index in [1.807, 2.05) is 0 Å². The Morgan fingerprint density at radius 3 is 2.86 bits per heavy atom. The normalized spacial score (nSPS) is 24.6. The molecule has 0 radical (unpaired) electrons. The topological polar surface area (TPSA) is 172 Å². The Labute approximate surface area is 168 Å². The molecule has 160 valence electrons. The van der Waals surface area contributed by atoms with Crippen LogP contribution in [-0.4, -0.2) is 66.6 Å². The predicted molar refractivity (Wildman–Crippen MR) is 96.6 cm³/mol. The summed E-state index contributed by atoms with van der Waals surface area (Å²) in [5.74, 6) is -1.25. The van der Waals surface area contributed by atoms with E-state index in [1.54, 1.807) is 0 Å². The summed E-state index contributed by atoms with van der Waals surface area (Å²) in [6.07, 6.45) is -2.52. The number of imidazole rings is 1. The average molecular weight is 454 g/mol. The summed E-state index contributed by atoms with van der Waals surface area (Å²) in [5, 5.41) is -2.70. The van der Waals surface area contributed by atoms with Crippen molar-refractivity contribution in [2.45, 2.75) is 37.2 Å². The van der Waals surface area contributed by atoms with E-state index in [-0.39, 0.29) is 28.7 Å². The minimum absolute atomic E-state index is 0.0162. The van der Waals surface area contributed by atoms with Crippen LogP contribution in [0, 0.1) is 0 Å². The number of alkyl halides is 1. The van der Waals surface area contributed by atoms with Crippen molar-refractivity contribution in [1.82, 2.24) is 19.5 Å². The van der Waals surface area contributed by atoms with Gasteiger partial charge in [-0.05, 0) is 18.5 Å². The van der Waals surface area contributed by atoms with Crippen LogP contribution < -0.4 is 5.73 Å². The lowest BCUT2D eigenvalue weighted by atomic mass is 10.2. The van der Waals surface area contributed by atoms with Gasteiger partial charge >= 0.3 is 13.6 Å². The van der Waals surface area contributed by atoms with Crippen LogP contribution in [0.15, 0.2) is 6.33 Å². The minimum atomic E-state index is -5.05. The van der Waals surface area contributed by atoms with Gasteiger partial charge < -0.3 is 29.7 Å². The Hall–Kier alpha value is -1.89. The number of hydrogen-bond donors (Lipinski definition) is 3. The van der Waals surface area contributed by atoms with Gasteiger partial charge in [0.05, 0.1) is 26.1 Å². The lowest BCUT2D eigenvalue weighted by Crippen LogP contribution is -2.41. The highest BCUT2D eigenvalue weighted by Crippen LogP contribution is 2.52. The van der Waals surface area contributed by atoms with Gasteiger partial charge in [0.15, 0.2) is 17.7 Å². The molecule has 0 saturated carbocycles. The number of nitrogen functional groups attached to an aromatic ring is 1. The summed E-state index contributed by atoms with van der Waals surface area (Å²) in [6, 6.07) is 0. The largest absolute Gasteiger partial charge is 0.466 e. The zero-order valence-corrected chi connectivity index (χ0v) is 16.9. The fraction of sp³-hybridized carbons (Fsp3) is 0.571. The first-order valence-corrected chi connectivity index (χ1v) is 10.2. The van der Waals surface area contributed by atoms with Crippen LogP contribution in [0.2, 0.25) is 5.28 Å². The number of esters is 1. The van der Waals surface area contributed by atoms with E-state index in [2.05, 4.69) is 19.7 Å². The molecule has 4 N–H and O–H groups in total. The van der Waals surface area contributed by atoms with Gasteiger partial charge in [-0.25, -0.2) is 14.2 Å². The van der Waals surface area contributed by atoms with E-state index in [9.17, 15) is 23.5 Å². The first-order valence-electron chi connectivity index (χ1n) is 8.21. The molecule has 1 aliphatic heterocycles. The molecule has 0 bridgehead atoms. The van der Waals surface area contributed by atoms with Crippen LogP contribution in [0.1, 0.15) is 19.6 Å². The Balaban J connectivity index is 1.78. The van der Waals surface area contributed by atoms with Crippen molar-refractivity contribution in [2.75, 3.05) is 19.5 Å². The SMILES string of the molecule is COC(=O)C(C)(OC[C@@H]1C[C@H](F)[C@H](n2cnc3c(N)nc(Cl)nc32)O1)P(=O)(O)O. The second-order valence-electron chi connectivity index (χ2n) is 6.43. The van der Waals surface area contributed by atoms with Gasteiger partial charge in [0.1, 0.15) is 11.7 Å². The number of halogens is 2. The van der Waals surface area contributed by atoms with Crippen LogP contribution in [0.25, 0.3) is 11.2 Å². The number of rotatable bonds is 6. The second-order valence-corrected chi connectivity index (χ2v) is 8.71. The summed E-state index contributed by atoms with van der Waals surface area (Å²) < 4.78 is 42.8. The van der Waals surface area contributed by atoms with E-state index >= 15 is 0 Å². The zero-order valence-electron chi connectivity index (χ0n) is 15.2. The van der Waals surface area contributed by atoms with Crippen molar-refractivity contribution in [3.63, 3.8) is 0 Å². The smallest absolute Gasteiger partial charge is 0.368 e. The molecule has 0 aromatic carbocycles. The first-order chi connectivity index (χ1) is 13.5. The quantitative estimate of drug-likeness (QED) is 0.320. The molecular weight excluding hydrogens is 436 g/mol. The van der Waals surface area contributed by atoms with Crippen LogP contribution in [0.4, 0.5) is 10.2 Å². The molecule has 1 saturated heterocycles. The Morgan fingerprint density at radius 1 is 1.55 bits per heavy atom. The molecule has 2 aromatic heterocycles. The molecule has 4 atom stereocenters. The summed E-state index contributed by atoms with van der Waals surface area (Å²) in [6.45, 7) is 0.419. The molecule has 1 fully saturated rings. The van der Waals surface area contributed by atoms with Gasteiger partial charge in [-0.2, -0.15) is 9.97 Å². The van der Waals surface area contributed by atoms with Crippen molar-refractivity contribution < 1.29 is 37.7 Å². The summed E-state index contributed by atoms with van der Waals surface area (Å²) in [4.78, 5) is 42.5. The van der Waals surface area contributed by atoms with E-state index in [0.717, 1.165) is 14.0 Å². The molecule has 29 heavy (non-hydrogen) atoms. The lowest BCUT2D eigenvalue weighted by Gasteiger charge is -2.28. The molecule has 0 aliphatic carbocycles. The molecule has 15 heteroatoms. The maximum Gasteiger partial charge on any atom is 0.368 e. The summed E-state index contributed by atoms with van der Waals surface area (Å²) in [5.41, 5.74) is 6.10. The number of hydrogen-bond acceptors (Lipinski definition) is 9. The van der Waals surface area contributed by atoms with Crippen molar-refractivity contribution in [3.8, 4) is 0 Å². The molecule has 0 spiro atoms. The number of nitrogens with zero attached hydrogens (tertiary/aromatic N) is 4. The average Bonchev–Trinajstić information content (AvgIpc) is 3.21. The minimum Gasteiger partial charge on any atom is -0.466 e. The Kier molecular flexibility index (Phi) is 5.82. The number of anilines is 1. The summed E-state index contributed by atoms with van der Waals surface area (Å²) in [7, 11) is -4.09. The molecule has 12 nitrogen and oxygen atoms in total. The van der Waals surface area contributed by atoms with E-state index in [0.29, 0.717) is 0 Å². The van der Waals surface area contributed by atoms with Crippen LogP contribution in [0.5, 0.6) is 0 Å². The number of fused-ring (bicyclic) bond motifs is 1. The van der Waals surface area contributed by atoms with Crippen molar-refractivity contribution >= 4 is 42.1 Å². The predicted octanol–water partition coefficient (Wildman–Crippen LogP) is 0.771. The van der Waals surface area contributed by atoms with Crippen molar-refractivity contribution in [2.24, 2.45) is 0 Å². The third-order valence-corrected chi connectivity index (χ3v) is 6.09. The Morgan fingerprint density at radius 2 is 2.24 bits per heavy atom. The standard InChI is InChI=1S/C14H18ClFN5O7P/c1-14(12(22)26-2,29(23,24)25)27-4-6-3-7(16)11(28-6)21-5-18-8-9(17)19-13(15)20-10(8)21/h5-7,11H,3-4H2,1-2H3,(H2,17,19,20)(H2,23,24,25)/t6-,7-,11+,14?/m0/s1. The lowest BCUT2D eigenvalue weighted by molar-refractivity contribution is -0.162. The van der Waals surface area contributed by atoms with Crippen LogP contribution in [0.3, 0.4) is 0 Å². The maximum absolute atomic E-state index is 14.6. The highest BCUT2D eigenvalue weighted by molar-refractivity contribution is 7.54. The van der Waals surface area contributed by atoms with Crippen LogP contribution >= 0.6 is 19.2 Å². The fourth-order valence-corrected chi connectivity index (χ4v) is 3.60. The molecule has 2 aromatic rings. The highest BCUT2D eigenvalue weighted by atomic mass is 35.5.